The zero-order valence-corrected chi connectivity index (χ0v) is 16.0. The average Bonchev–Trinajstić information content (AvgIpc) is 2.73. The van der Waals surface area contributed by atoms with E-state index in [0.717, 1.165) is 48.5 Å². The van der Waals surface area contributed by atoms with Gasteiger partial charge in [0, 0.05) is 11.5 Å². The second kappa shape index (κ2) is 6.67. The number of fused-ring (bicyclic) bond motifs is 4. The molecule has 0 saturated carbocycles. The number of methoxy groups -OCH3 is 1. The van der Waals surface area contributed by atoms with Crippen molar-refractivity contribution in [1.29, 1.82) is 0 Å². The Morgan fingerprint density at radius 1 is 1.11 bits per heavy atom. The molecule has 3 aromatic rings. The average molecular weight is 378 g/mol. The lowest BCUT2D eigenvalue weighted by Crippen LogP contribution is -2.38. The number of hydrogen-bond donors (Lipinski definition) is 0. The molecule has 1 saturated heterocycles. The molecule has 2 unspecified atom stereocenters. The first-order chi connectivity index (χ1) is 13.7. The van der Waals surface area contributed by atoms with Gasteiger partial charge in [-0.2, -0.15) is 0 Å². The Balaban J connectivity index is 1.65. The van der Waals surface area contributed by atoms with E-state index in [2.05, 4.69) is 0 Å². The SMILES string of the molecule is COc1ccc(-c2c(C)oc3c4c(ccc3c2=O)OC2OCCCC2C4)cc1. The summed E-state index contributed by atoms with van der Waals surface area (Å²) in [5, 5.41) is 0.592. The van der Waals surface area contributed by atoms with Crippen LogP contribution >= 0.6 is 0 Å². The number of aryl methyl sites for hydroxylation is 1. The van der Waals surface area contributed by atoms with Crippen molar-refractivity contribution in [2.24, 2.45) is 5.92 Å². The monoisotopic (exact) mass is 378 g/mol. The molecular weight excluding hydrogens is 356 g/mol. The molecule has 5 heteroatoms. The van der Waals surface area contributed by atoms with Crippen molar-refractivity contribution in [1.82, 2.24) is 0 Å². The van der Waals surface area contributed by atoms with Crippen molar-refractivity contribution < 1.29 is 18.6 Å². The van der Waals surface area contributed by atoms with Gasteiger partial charge in [-0.1, -0.05) is 12.1 Å². The van der Waals surface area contributed by atoms with E-state index in [0.29, 0.717) is 28.2 Å². The van der Waals surface area contributed by atoms with Gasteiger partial charge >= 0.3 is 0 Å². The standard InChI is InChI=1S/C23H22O5/c1-13-20(14-5-7-16(25-2)8-6-14)21(24)17-9-10-19-18(22(17)27-13)12-15-4-3-11-26-23(15)28-19/h5-10,15,23H,3-4,11-12H2,1-2H3. The zero-order valence-electron chi connectivity index (χ0n) is 16.0. The van der Waals surface area contributed by atoms with Crippen LogP contribution in [-0.2, 0) is 11.2 Å². The van der Waals surface area contributed by atoms with Crippen molar-refractivity contribution in [2.75, 3.05) is 13.7 Å². The maximum Gasteiger partial charge on any atom is 0.202 e. The van der Waals surface area contributed by atoms with Crippen LogP contribution < -0.4 is 14.9 Å². The zero-order chi connectivity index (χ0) is 19.3. The molecule has 0 bridgehead atoms. The highest BCUT2D eigenvalue weighted by Crippen LogP contribution is 2.40. The molecule has 5 nitrogen and oxygen atoms in total. The van der Waals surface area contributed by atoms with Crippen molar-refractivity contribution in [3.8, 4) is 22.6 Å². The van der Waals surface area contributed by atoms with E-state index in [1.54, 1.807) is 13.2 Å². The van der Waals surface area contributed by atoms with Gasteiger partial charge in [0.05, 0.1) is 24.7 Å². The number of ether oxygens (including phenoxy) is 3. The third-order valence-corrected chi connectivity index (χ3v) is 5.77. The Labute approximate surface area is 162 Å². The molecule has 0 aliphatic carbocycles. The van der Waals surface area contributed by atoms with Crippen LogP contribution in [0.3, 0.4) is 0 Å². The van der Waals surface area contributed by atoms with Crippen LogP contribution in [0, 0.1) is 12.8 Å². The fraction of sp³-hybridized carbons (Fsp3) is 0.348. The molecule has 1 aromatic heterocycles. The van der Waals surface area contributed by atoms with E-state index in [1.807, 2.05) is 37.3 Å². The quantitative estimate of drug-likeness (QED) is 0.659. The van der Waals surface area contributed by atoms with Crippen LogP contribution in [0.2, 0.25) is 0 Å². The van der Waals surface area contributed by atoms with E-state index in [9.17, 15) is 4.79 Å². The van der Waals surface area contributed by atoms with Gasteiger partial charge in [0.25, 0.3) is 0 Å². The van der Waals surface area contributed by atoms with Crippen LogP contribution in [0.15, 0.2) is 45.6 Å². The highest BCUT2D eigenvalue weighted by Gasteiger charge is 2.35. The van der Waals surface area contributed by atoms with E-state index < -0.39 is 0 Å². The summed E-state index contributed by atoms with van der Waals surface area (Å²) in [4.78, 5) is 13.3. The van der Waals surface area contributed by atoms with E-state index in [4.69, 9.17) is 18.6 Å². The van der Waals surface area contributed by atoms with E-state index in [-0.39, 0.29) is 11.7 Å². The highest BCUT2D eigenvalue weighted by molar-refractivity contribution is 5.87. The summed E-state index contributed by atoms with van der Waals surface area (Å²) in [7, 11) is 1.62. The number of benzene rings is 2. The molecule has 0 amide bonds. The topological polar surface area (TPSA) is 57.9 Å². The molecular formula is C23H22O5. The predicted octanol–water partition coefficient (Wildman–Crippen LogP) is 4.46. The number of rotatable bonds is 2. The summed E-state index contributed by atoms with van der Waals surface area (Å²) >= 11 is 0. The summed E-state index contributed by atoms with van der Waals surface area (Å²) in [5.74, 6) is 2.43. The highest BCUT2D eigenvalue weighted by atomic mass is 16.7. The lowest BCUT2D eigenvalue weighted by atomic mass is 9.89. The van der Waals surface area contributed by atoms with Crippen LogP contribution in [0.1, 0.15) is 24.2 Å². The first kappa shape index (κ1) is 17.3. The molecule has 2 aromatic carbocycles. The van der Waals surface area contributed by atoms with Crippen molar-refractivity contribution in [3.63, 3.8) is 0 Å². The second-order valence-electron chi connectivity index (χ2n) is 7.47. The first-order valence-electron chi connectivity index (χ1n) is 9.67. The minimum atomic E-state index is -0.190. The van der Waals surface area contributed by atoms with Crippen molar-refractivity contribution in [3.05, 3.63) is 57.9 Å². The maximum atomic E-state index is 13.3. The third kappa shape index (κ3) is 2.69. The fourth-order valence-corrected chi connectivity index (χ4v) is 4.33. The molecule has 5 rings (SSSR count). The van der Waals surface area contributed by atoms with Gasteiger partial charge in [-0.3, -0.25) is 4.79 Å². The first-order valence-corrected chi connectivity index (χ1v) is 9.67. The van der Waals surface area contributed by atoms with Gasteiger partial charge in [-0.15, -0.1) is 0 Å². The summed E-state index contributed by atoms with van der Waals surface area (Å²) in [6.07, 6.45) is 2.72. The summed E-state index contributed by atoms with van der Waals surface area (Å²) < 4.78 is 23.3. The smallest absolute Gasteiger partial charge is 0.202 e. The molecule has 3 heterocycles. The lowest BCUT2D eigenvalue weighted by molar-refractivity contribution is -0.148. The van der Waals surface area contributed by atoms with Gasteiger partial charge in [-0.25, -0.2) is 0 Å². The Morgan fingerprint density at radius 2 is 1.93 bits per heavy atom. The minimum absolute atomic E-state index is 0.0197. The lowest BCUT2D eigenvalue weighted by Gasteiger charge is -2.36. The van der Waals surface area contributed by atoms with Crippen molar-refractivity contribution >= 4 is 11.0 Å². The Kier molecular flexibility index (Phi) is 4.13. The van der Waals surface area contributed by atoms with Gasteiger partial charge in [0.15, 0.2) is 0 Å². The molecule has 0 radical (unpaired) electrons. The van der Waals surface area contributed by atoms with Crippen molar-refractivity contribution in [2.45, 2.75) is 32.5 Å². The molecule has 2 aliphatic rings. The molecule has 2 aliphatic heterocycles. The van der Waals surface area contributed by atoms with Crippen LogP contribution in [-0.4, -0.2) is 20.0 Å². The molecule has 144 valence electrons. The van der Waals surface area contributed by atoms with Gasteiger partial charge < -0.3 is 18.6 Å². The van der Waals surface area contributed by atoms with Crippen LogP contribution in [0.4, 0.5) is 0 Å². The van der Waals surface area contributed by atoms with Gasteiger partial charge in [-0.05, 0) is 56.0 Å². The molecule has 2 atom stereocenters. The summed E-state index contributed by atoms with van der Waals surface area (Å²) in [6.45, 7) is 2.58. The van der Waals surface area contributed by atoms with Gasteiger partial charge in [0.2, 0.25) is 11.7 Å². The fourth-order valence-electron chi connectivity index (χ4n) is 4.33. The molecule has 1 fully saturated rings. The van der Waals surface area contributed by atoms with Crippen LogP contribution in [0.25, 0.3) is 22.1 Å². The molecule has 0 N–H and O–H groups in total. The minimum Gasteiger partial charge on any atom is -0.497 e. The molecule has 28 heavy (non-hydrogen) atoms. The van der Waals surface area contributed by atoms with Gasteiger partial charge in [0.1, 0.15) is 22.8 Å². The summed E-state index contributed by atoms with van der Waals surface area (Å²) in [6, 6.07) is 11.1. The summed E-state index contributed by atoms with van der Waals surface area (Å²) in [5.41, 5.74) is 3.01. The molecule has 0 spiro atoms. The third-order valence-electron chi connectivity index (χ3n) is 5.77. The van der Waals surface area contributed by atoms with E-state index in [1.165, 1.54) is 0 Å². The Hall–Kier alpha value is -2.79. The Morgan fingerprint density at radius 3 is 2.71 bits per heavy atom. The maximum absolute atomic E-state index is 13.3. The largest absolute Gasteiger partial charge is 0.497 e. The van der Waals surface area contributed by atoms with Crippen LogP contribution in [0.5, 0.6) is 11.5 Å². The number of hydrogen-bond acceptors (Lipinski definition) is 5. The predicted molar refractivity (Wildman–Crippen MR) is 106 cm³/mol. The Bertz CT molecular complexity index is 1100. The second-order valence-corrected chi connectivity index (χ2v) is 7.47. The van der Waals surface area contributed by atoms with E-state index >= 15 is 0 Å². The normalized spacial score (nSPS) is 20.9.